The quantitative estimate of drug-likeness (QED) is 0.606. The van der Waals surface area contributed by atoms with E-state index in [1.54, 1.807) is 0 Å². The first-order valence-electron chi connectivity index (χ1n) is 7.24. The Morgan fingerprint density at radius 1 is 1.33 bits per heavy atom. The fourth-order valence-corrected chi connectivity index (χ4v) is 1.77. The topological polar surface area (TPSA) is 20.3 Å². The lowest BCUT2D eigenvalue weighted by Crippen LogP contribution is -2.26. The third kappa shape index (κ3) is 7.48. The first kappa shape index (κ1) is 17.2. The van der Waals surface area contributed by atoms with E-state index in [0.717, 1.165) is 17.7 Å². The van der Waals surface area contributed by atoms with Gasteiger partial charge in [0.05, 0.1) is 6.54 Å². The molecule has 0 saturated heterocycles. The predicted octanol–water partition coefficient (Wildman–Crippen LogP) is 3.72. The van der Waals surface area contributed by atoms with Gasteiger partial charge in [0.1, 0.15) is 0 Å². The Morgan fingerprint density at radius 3 is 2.67 bits per heavy atom. The van der Waals surface area contributed by atoms with Gasteiger partial charge >= 0.3 is 0 Å². The molecule has 0 spiro atoms. The molecule has 0 aliphatic rings. The smallest absolute Gasteiger partial charge is 0.176 e. The van der Waals surface area contributed by atoms with E-state index in [4.69, 9.17) is 0 Å². The average Bonchev–Trinajstić information content (AvgIpc) is 2.36. The summed E-state index contributed by atoms with van der Waals surface area (Å²) in [6.07, 6.45) is 3.85. The summed E-state index contributed by atoms with van der Waals surface area (Å²) >= 11 is 0. The van der Waals surface area contributed by atoms with Crippen LogP contribution in [-0.2, 0) is 0 Å². The molecule has 0 N–H and O–H groups in total. The molecule has 0 saturated carbocycles. The number of likely N-dealkylation sites (N-methyl/N-ethyl adjacent to an activating group) is 1. The van der Waals surface area contributed by atoms with E-state index < -0.39 is 0 Å². The van der Waals surface area contributed by atoms with Crippen LogP contribution in [0.1, 0.15) is 36.7 Å². The van der Waals surface area contributed by atoms with Gasteiger partial charge in [-0.25, -0.2) is 0 Å². The predicted molar refractivity (Wildman–Crippen MR) is 89.4 cm³/mol. The van der Waals surface area contributed by atoms with Gasteiger partial charge in [0.25, 0.3) is 0 Å². The van der Waals surface area contributed by atoms with Crippen LogP contribution in [0, 0.1) is 24.2 Å². The lowest BCUT2D eigenvalue weighted by Gasteiger charge is -2.13. The van der Waals surface area contributed by atoms with E-state index in [9.17, 15) is 4.79 Å². The number of nitrogens with zero attached hydrogens (tertiary/aromatic N) is 1. The van der Waals surface area contributed by atoms with Gasteiger partial charge in [-0.2, -0.15) is 0 Å². The van der Waals surface area contributed by atoms with Crippen LogP contribution in [0.15, 0.2) is 36.4 Å². The average molecular weight is 283 g/mol. The largest absolute Gasteiger partial charge is 0.295 e. The molecular weight excluding hydrogens is 258 g/mol. The van der Waals surface area contributed by atoms with Gasteiger partial charge in [0.2, 0.25) is 0 Å². The van der Waals surface area contributed by atoms with Gasteiger partial charge in [-0.3, -0.25) is 9.69 Å². The summed E-state index contributed by atoms with van der Waals surface area (Å²) in [5, 5.41) is 0. The van der Waals surface area contributed by atoms with E-state index in [-0.39, 0.29) is 11.2 Å². The maximum Gasteiger partial charge on any atom is 0.176 e. The summed E-state index contributed by atoms with van der Waals surface area (Å²) in [7, 11) is 1.94. The van der Waals surface area contributed by atoms with Crippen LogP contribution in [0.3, 0.4) is 0 Å². The van der Waals surface area contributed by atoms with Crippen LogP contribution >= 0.6 is 0 Å². The molecule has 0 heterocycles. The van der Waals surface area contributed by atoms with Crippen LogP contribution in [-0.4, -0.2) is 30.8 Å². The summed E-state index contributed by atoms with van der Waals surface area (Å²) in [5.74, 6) is 6.33. The Hall–Kier alpha value is -1.85. The first-order valence-corrected chi connectivity index (χ1v) is 7.24. The lowest BCUT2D eigenvalue weighted by molar-refractivity contribution is 0.0951. The molecule has 0 fully saturated rings. The van der Waals surface area contributed by atoms with Crippen molar-refractivity contribution in [2.45, 2.75) is 27.7 Å². The zero-order valence-electron chi connectivity index (χ0n) is 13.7. The second-order valence-electron chi connectivity index (χ2n) is 6.41. The van der Waals surface area contributed by atoms with Crippen molar-refractivity contribution in [3.05, 3.63) is 47.5 Å². The van der Waals surface area contributed by atoms with Crippen molar-refractivity contribution in [2.24, 2.45) is 5.41 Å². The van der Waals surface area contributed by atoms with Gasteiger partial charge in [-0.05, 0) is 46.9 Å². The van der Waals surface area contributed by atoms with Crippen LogP contribution in [0.25, 0.3) is 0 Å². The van der Waals surface area contributed by atoms with Crippen molar-refractivity contribution in [1.82, 2.24) is 4.90 Å². The zero-order chi connectivity index (χ0) is 15.9. The second-order valence-corrected chi connectivity index (χ2v) is 6.41. The monoisotopic (exact) mass is 283 g/mol. The molecule has 2 heteroatoms. The molecule has 0 amide bonds. The normalized spacial score (nSPS) is 11.5. The highest BCUT2D eigenvalue weighted by atomic mass is 16.1. The third-order valence-corrected chi connectivity index (χ3v) is 2.82. The molecule has 0 atom stereocenters. The van der Waals surface area contributed by atoms with Gasteiger partial charge < -0.3 is 0 Å². The number of ketones is 1. The maximum atomic E-state index is 12.1. The summed E-state index contributed by atoms with van der Waals surface area (Å²) in [4.78, 5) is 14.1. The number of hydrogen-bond acceptors (Lipinski definition) is 2. The van der Waals surface area contributed by atoms with Gasteiger partial charge in [-0.1, -0.05) is 41.7 Å². The van der Waals surface area contributed by atoms with Crippen molar-refractivity contribution in [3.63, 3.8) is 0 Å². The van der Waals surface area contributed by atoms with Crippen LogP contribution in [0.5, 0.6) is 0 Å². The van der Waals surface area contributed by atoms with Crippen LogP contribution < -0.4 is 0 Å². The minimum atomic E-state index is 0.0252. The molecule has 0 aliphatic heterocycles. The molecule has 1 aromatic carbocycles. The van der Waals surface area contributed by atoms with Crippen LogP contribution in [0.2, 0.25) is 0 Å². The number of hydrogen-bond donors (Lipinski definition) is 0. The van der Waals surface area contributed by atoms with Crippen molar-refractivity contribution in [1.29, 1.82) is 0 Å². The Bertz CT molecular complexity index is 567. The second kappa shape index (κ2) is 7.81. The minimum Gasteiger partial charge on any atom is -0.295 e. The number of Topliss-reactive ketones (excluding diaryl/α,β-unsaturated/α-hetero) is 1. The molecule has 2 nitrogen and oxygen atoms in total. The highest BCUT2D eigenvalue weighted by Crippen LogP contribution is 2.09. The summed E-state index contributed by atoms with van der Waals surface area (Å²) in [6, 6.07) is 7.72. The van der Waals surface area contributed by atoms with Crippen molar-refractivity contribution >= 4 is 5.78 Å². The molecule has 21 heavy (non-hydrogen) atoms. The molecule has 1 aromatic rings. The highest BCUT2D eigenvalue weighted by Gasteiger charge is 2.08. The fourth-order valence-electron chi connectivity index (χ4n) is 1.77. The lowest BCUT2D eigenvalue weighted by atomic mass is 9.98. The number of allylic oxidation sites excluding steroid dienone is 1. The van der Waals surface area contributed by atoms with E-state index >= 15 is 0 Å². The van der Waals surface area contributed by atoms with Crippen molar-refractivity contribution in [3.8, 4) is 11.8 Å². The van der Waals surface area contributed by atoms with Crippen molar-refractivity contribution < 1.29 is 4.79 Å². The van der Waals surface area contributed by atoms with E-state index in [1.165, 1.54) is 0 Å². The zero-order valence-corrected chi connectivity index (χ0v) is 13.7. The molecule has 112 valence electrons. The van der Waals surface area contributed by atoms with E-state index in [2.05, 4.69) is 32.6 Å². The fraction of sp³-hybridized carbons (Fsp3) is 0.421. The number of carbonyl (C=O) groups excluding carboxylic acids is 1. The number of aryl methyl sites for hydroxylation is 1. The summed E-state index contributed by atoms with van der Waals surface area (Å²) in [5.41, 5.74) is 1.91. The molecular formula is C19H25NO. The van der Waals surface area contributed by atoms with Gasteiger partial charge in [0.15, 0.2) is 5.78 Å². The number of rotatable bonds is 5. The molecule has 0 unspecified atom stereocenters. The molecule has 0 radical (unpaired) electrons. The molecule has 0 bridgehead atoms. The Kier molecular flexibility index (Phi) is 6.39. The van der Waals surface area contributed by atoms with Crippen LogP contribution in [0.4, 0.5) is 0 Å². The Morgan fingerprint density at radius 2 is 2.05 bits per heavy atom. The molecule has 0 aliphatic carbocycles. The Labute approximate surface area is 128 Å². The third-order valence-electron chi connectivity index (χ3n) is 2.82. The molecule has 0 aromatic heterocycles. The standard InChI is InChI=1S/C19H25NO/c1-16-10-9-11-17(14-16)18(21)15-20(5)13-8-6-7-12-19(2,3)4/h6,8-11,14H,13,15H2,1-5H3. The van der Waals surface area contributed by atoms with Gasteiger partial charge in [-0.15, -0.1) is 0 Å². The minimum absolute atomic E-state index is 0.0252. The highest BCUT2D eigenvalue weighted by molar-refractivity contribution is 5.97. The number of benzene rings is 1. The maximum absolute atomic E-state index is 12.1. The van der Waals surface area contributed by atoms with E-state index in [0.29, 0.717) is 6.54 Å². The SMILES string of the molecule is Cc1cccc(C(=O)CN(C)CC=CC#CC(C)(C)C)c1. The van der Waals surface area contributed by atoms with E-state index in [1.807, 2.05) is 55.3 Å². The Balaban J connectivity index is 2.46. The van der Waals surface area contributed by atoms with Crippen molar-refractivity contribution in [2.75, 3.05) is 20.1 Å². The molecule has 1 rings (SSSR count). The summed E-state index contributed by atoms with van der Waals surface area (Å²) in [6.45, 7) is 9.38. The van der Waals surface area contributed by atoms with Gasteiger partial charge in [0, 0.05) is 17.5 Å². The summed E-state index contributed by atoms with van der Waals surface area (Å²) < 4.78 is 0. The number of carbonyl (C=O) groups is 1. The first-order chi connectivity index (χ1) is 9.78.